The van der Waals surface area contributed by atoms with E-state index < -0.39 is 0 Å². The lowest BCUT2D eigenvalue weighted by molar-refractivity contribution is 0.545. The van der Waals surface area contributed by atoms with E-state index in [2.05, 4.69) is 12.2 Å². The molecule has 1 aliphatic rings. The predicted octanol–water partition coefficient (Wildman–Crippen LogP) is 2.52. The number of thiophene rings is 1. The Morgan fingerprint density at radius 1 is 1.67 bits per heavy atom. The monoisotopic (exact) mass is 207 g/mol. The van der Waals surface area contributed by atoms with E-state index in [1.807, 2.05) is 0 Å². The minimum Gasteiger partial charge on any atom is -0.310 e. The van der Waals surface area contributed by atoms with Crippen LogP contribution in [0.5, 0.6) is 0 Å². The molecule has 2 rings (SSSR count). The number of nitrogens with one attached hydrogen (secondary N) is 1. The Kier molecular flexibility index (Phi) is 3.09. The minimum atomic E-state index is -0.0504. The maximum absolute atomic E-state index is 12.8. The van der Waals surface area contributed by atoms with Gasteiger partial charge in [0.05, 0.1) is 0 Å². The van der Waals surface area contributed by atoms with Gasteiger partial charge < -0.3 is 5.32 Å². The average molecular weight is 208 g/mol. The molecule has 0 bridgehead atoms. The van der Waals surface area contributed by atoms with Gasteiger partial charge in [-0.05, 0) is 25.0 Å². The summed E-state index contributed by atoms with van der Waals surface area (Å²) in [5, 5.41) is 3.24. The molecule has 1 aliphatic heterocycles. The highest BCUT2D eigenvalue weighted by atomic mass is 35.5. The molecular formula is C8H11ClFNS. The van der Waals surface area contributed by atoms with Crippen molar-refractivity contribution in [3.05, 3.63) is 21.6 Å². The lowest BCUT2D eigenvalue weighted by atomic mass is 10.0. The van der Waals surface area contributed by atoms with E-state index in [9.17, 15) is 4.39 Å². The molecule has 0 saturated heterocycles. The highest BCUT2D eigenvalue weighted by molar-refractivity contribution is 7.10. The summed E-state index contributed by atoms with van der Waals surface area (Å²) in [4.78, 5) is 1.22. The summed E-state index contributed by atoms with van der Waals surface area (Å²) in [7, 11) is 0. The lowest BCUT2D eigenvalue weighted by Crippen LogP contribution is -2.26. The fraction of sp³-hybridized carbons (Fsp3) is 0.500. The molecule has 0 aromatic carbocycles. The molecule has 0 unspecified atom stereocenters. The third-order valence-electron chi connectivity index (χ3n) is 2.08. The second-order valence-corrected chi connectivity index (χ2v) is 3.94. The van der Waals surface area contributed by atoms with Gasteiger partial charge in [-0.25, -0.2) is 0 Å². The van der Waals surface area contributed by atoms with Gasteiger partial charge in [0.2, 0.25) is 0 Å². The first-order chi connectivity index (χ1) is 5.27. The largest absolute Gasteiger partial charge is 0.310 e. The maximum atomic E-state index is 12.8. The van der Waals surface area contributed by atoms with Gasteiger partial charge in [-0.3, -0.25) is 0 Å². The van der Waals surface area contributed by atoms with Crippen molar-refractivity contribution in [2.75, 3.05) is 6.54 Å². The van der Waals surface area contributed by atoms with E-state index in [4.69, 9.17) is 0 Å². The predicted molar refractivity (Wildman–Crippen MR) is 51.6 cm³/mol. The van der Waals surface area contributed by atoms with Crippen LogP contribution < -0.4 is 5.32 Å². The first kappa shape index (κ1) is 9.96. The molecule has 4 heteroatoms. The van der Waals surface area contributed by atoms with Gasteiger partial charge in [0.25, 0.3) is 0 Å². The van der Waals surface area contributed by atoms with Crippen LogP contribution in [0.1, 0.15) is 23.4 Å². The Morgan fingerprint density at radius 3 is 3.08 bits per heavy atom. The number of halogens is 2. The Balaban J connectivity index is 0.000000720. The van der Waals surface area contributed by atoms with E-state index in [0.717, 1.165) is 18.5 Å². The second kappa shape index (κ2) is 3.73. The average Bonchev–Trinajstić information content (AvgIpc) is 2.31. The van der Waals surface area contributed by atoms with E-state index in [1.54, 1.807) is 6.07 Å². The molecule has 1 aromatic heterocycles. The van der Waals surface area contributed by atoms with E-state index >= 15 is 0 Å². The quantitative estimate of drug-likeness (QED) is 0.690. The van der Waals surface area contributed by atoms with Gasteiger partial charge in [0, 0.05) is 17.5 Å². The van der Waals surface area contributed by atoms with Crippen LogP contribution in [0.25, 0.3) is 0 Å². The van der Waals surface area contributed by atoms with Crippen molar-refractivity contribution >= 4 is 23.7 Å². The van der Waals surface area contributed by atoms with Crippen LogP contribution in [0.4, 0.5) is 4.39 Å². The van der Waals surface area contributed by atoms with Gasteiger partial charge in [0.1, 0.15) is 0 Å². The second-order valence-electron chi connectivity index (χ2n) is 2.85. The highest BCUT2D eigenvalue weighted by Gasteiger charge is 2.18. The van der Waals surface area contributed by atoms with Crippen LogP contribution in [0.15, 0.2) is 6.07 Å². The summed E-state index contributed by atoms with van der Waals surface area (Å²) in [6.07, 6.45) is 0.980. The maximum Gasteiger partial charge on any atom is 0.176 e. The van der Waals surface area contributed by atoms with Gasteiger partial charge in [-0.2, -0.15) is 4.39 Å². The van der Waals surface area contributed by atoms with Crippen LogP contribution in [0.3, 0.4) is 0 Å². The van der Waals surface area contributed by atoms with Crippen molar-refractivity contribution in [2.45, 2.75) is 19.4 Å². The Hall–Kier alpha value is -0.120. The van der Waals surface area contributed by atoms with Crippen LogP contribution in [0.2, 0.25) is 0 Å². The van der Waals surface area contributed by atoms with Gasteiger partial charge in [0.15, 0.2) is 5.13 Å². The first-order valence-corrected chi connectivity index (χ1v) is 4.60. The zero-order valence-electron chi connectivity index (χ0n) is 6.76. The van der Waals surface area contributed by atoms with Gasteiger partial charge >= 0.3 is 0 Å². The molecule has 12 heavy (non-hydrogen) atoms. The Morgan fingerprint density at radius 2 is 2.42 bits per heavy atom. The third-order valence-corrected chi connectivity index (χ3v) is 3.08. The van der Waals surface area contributed by atoms with Gasteiger partial charge in [-0.15, -0.1) is 23.7 Å². The molecule has 0 radical (unpaired) electrons. The van der Waals surface area contributed by atoms with Crippen LogP contribution in [-0.2, 0) is 6.42 Å². The zero-order chi connectivity index (χ0) is 7.84. The van der Waals surface area contributed by atoms with Crippen LogP contribution in [-0.4, -0.2) is 6.54 Å². The number of rotatable bonds is 0. The van der Waals surface area contributed by atoms with E-state index in [-0.39, 0.29) is 17.5 Å². The van der Waals surface area contributed by atoms with E-state index in [0.29, 0.717) is 6.04 Å². The molecule has 0 aliphatic carbocycles. The fourth-order valence-corrected chi connectivity index (χ4v) is 2.46. The standard InChI is InChI=1S/C8H10FNS.ClH/c1-5-6-4-8(9)11-7(6)2-3-10-5;/h4-5,10H,2-3H2,1H3;1H/t5-;/m1./s1. The summed E-state index contributed by atoms with van der Waals surface area (Å²) in [6, 6.07) is 1.98. The molecule has 0 fully saturated rings. The molecule has 1 N–H and O–H groups in total. The molecule has 1 atom stereocenters. The molecule has 2 heterocycles. The topological polar surface area (TPSA) is 12.0 Å². The summed E-state index contributed by atoms with van der Waals surface area (Å²) >= 11 is 1.29. The van der Waals surface area contributed by atoms with Crippen molar-refractivity contribution in [2.24, 2.45) is 0 Å². The highest BCUT2D eigenvalue weighted by Crippen LogP contribution is 2.29. The molecular weight excluding hydrogens is 197 g/mol. The third kappa shape index (κ3) is 1.63. The van der Waals surface area contributed by atoms with Crippen LogP contribution in [0, 0.1) is 5.13 Å². The van der Waals surface area contributed by atoms with E-state index in [1.165, 1.54) is 16.2 Å². The summed E-state index contributed by atoms with van der Waals surface area (Å²) in [5.74, 6) is 0. The van der Waals surface area contributed by atoms with Crippen molar-refractivity contribution in [1.29, 1.82) is 0 Å². The number of fused-ring (bicyclic) bond motifs is 1. The van der Waals surface area contributed by atoms with Crippen molar-refractivity contribution < 1.29 is 4.39 Å². The zero-order valence-corrected chi connectivity index (χ0v) is 8.40. The normalized spacial score (nSPS) is 21.3. The van der Waals surface area contributed by atoms with Crippen molar-refractivity contribution in [3.63, 3.8) is 0 Å². The van der Waals surface area contributed by atoms with Crippen molar-refractivity contribution in [3.8, 4) is 0 Å². The molecule has 1 aromatic rings. The molecule has 0 spiro atoms. The van der Waals surface area contributed by atoms with Gasteiger partial charge in [-0.1, -0.05) is 0 Å². The van der Waals surface area contributed by atoms with Crippen molar-refractivity contribution in [1.82, 2.24) is 5.32 Å². The summed E-state index contributed by atoms with van der Waals surface area (Å²) < 4.78 is 12.8. The summed E-state index contributed by atoms with van der Waals surface area (Å²) in [5.41, 5.74) is 1.15. The molecule has 0 saturated carbocycles. The lowest BCUT2D eigenvalue weighted by Gasteiger charge is -2.19. The number of hydrogen-bond donors (Lipinski definition) is 1. The SMILES string of the molecule is C[C@H]1NCCc2sc(F)cc21.Cl. The Bertz CT molecular complexity index is 274. The smallest absolute Gasteiger partial charge is 0.176 e. The molecule has 68 valence electrons. The molecule has 1 nitrogen and oxygen atoms in total. The Labute approximate surface area is 81.4 Å². The number of hydrogen-bond acceptors (Lipinski definition) is 2. The molecule has 0 amide bonds. The summed E-state index contributed by atoms with van der Waals surface area (Å²) in [6.45, 7) is 3.05. The van der Waals surface area contributed by atoms with Crippen LogP contribution >= 0.6 is 23.7 Å². The minimum absolute atomic E-state index is 0. The first-order valence-electron chi connectivity index (χ1n) is 3.79. The fourth-order valence-electron chi connectivity index (χ4n) is 1.48.